The number of benzene rings is 7. The van der Waals surface area contributed by atoms with Crippen LogP contribution < -0.4 is 4.57 Å². The van der Waals surface area contributed by atoms with Crippen molar-refractivity contribution in [2.75, 3.05) is 0 Å². The van der Waals surface area contributed by atoms with Gasteiger partial charge in [-0.25, -0.2) is 4.98 Å². The van der Waals surface area contributed by atoms with Crippen molar-refractivity contribution in [2.24, 2.45) is 6.98 Å². The Balaban J connectivity index is 1.36. The van der Waals surface area contributed by atoms with Gasteiger partial charge in [-0.15, -0.1) is 0 Å². The minimum Gasteiger partial charge on any atom is -0.319 e. The number of fused-ring (bicyclic) bond motifs is 11. The topological polar surface area (TPSA) is 31.6 Å². The molecule has 5 nitrogen and oxygen atoms in total. The van der Waals surface area contributed by atoms with Crippen LogP contribution in [0.3, 0.4) is 0 Å². The molecule has 0 unspecified atom stereocenters. The van der Waals surface area contributed by atoms with E-state index in [2.05, 4.69) is 170 Å². The summed E-state index contributed by atoms with van der Waals surface area (Å²) in [4.78, 5) is 5.02. The van der Waals surface area contributed by atoms with Crippen molar-refractivity contribution in [3.8, 4) is 17.2 Å². The lowest BCUT2D eigenvalue weighted by atomic mass is 9.88. The second-order valence-electron chi connectivity index (χ2n) is 16.1. The summed E-state index contributed by atoms with van der Waals surface area (Å²) in [6.45, 7) is 4.30. The molecule has 11 rings (SSSR count). The Labute approximate surface area is 340 Å². The zero-order chi connectivity index (χ0) is 41.6. The number of para-hydroxylation sites is 4. The monoisotopic (exact) mass is 750 g/mol. The summed E-state index contributed by atoms with van der Waals surface area (Å²) >= 11 is 0. The summed E-state index contributed by atoms with van der Waals surface area (Å²) in [5.74, 6) is 0.862. The summed E-state index contributed by atoms with van der Waals surface area (Å²) in [7, 11) is 0. The van der Waals surface area contributed by atoms with Gasteiger partial charge in [-0.05, 0) is 81.1 Å². The molecule has 7 aromatic carbocycles. The number of imidazole rings is 1. The number of rotatable bonds is 3. The lowest BCUT2D eigenvalue weighted by Gasteiger charge is -2.20. The van der Waals surface area contributed by atoms with E-state index >= 15 is 0 Å². The predicted molar refractivity (Wildman–Crippen MR) is 241 cm³/mol. The Hall–Kier alpha value is -7.24. The van der Waals surface area contributed by atoms with E-state index in [-0.39, 0.29) is 5.41 Å². The van der Waals surface area contributed by atoms with Gasteiger partial charge in [0.1, 0.15) is 5.82 Å². The van der Waals surface area contributed by atoms with E-state index in [4.69, 9.17) is 9.10 Å². The Morgan fingerprint density at radius 3 is 1.71 bits per heavy atom. The van der Waals surface area contributed by atoms with Gasteiger partial charge in [0.15, 0.2) is 0 Å². The first-order valence-electron chi connectivity index (χ1n) is 21.2. The molecule has 0 amide bonds. The fraction of sp³-hybridized carbons (Fsp3) is 0.0943. The molecule has 0 saturated carbocycles. The number of aromatic nitrogens is 5. The van der Waals surface area contributed by atoms with Gasteiger partial charge >= 0.3 is 0 Å². The van der Waals surface area contributed by atoms with Crippen LogP contribution in [0.25, 0.3) is 93.4 Å². The summed E-state index contributed by atoms with van der Waals surface area (Å²) < 4.78 is 32.8. The van der Waals surface area contributed by atoms with E-state index in [1.54, 1.807) is 0 Å². The molecule has 0 aliphatic heterocycles. The molecule has 0 fully saturated rings. The molecule has 0 spiro atoms. The van der Waals surface area contributed by atoms with Crippen LogP contribution in [-0.2, 0) is 12.4 Å². The van der Waals surface area contributed by atoms with Crippen molar-refractivity contribution in [1.82, 2.24) is 18.7 Å². The van der Waals surface area contributed by atoms with Crippen LogP contribution in [-0.4, -0.2) is 18.7 Å². The van der Waals surface area contributed by atoms with Crippen LogP contribution in [0.1, 0.15) is 30.4 Å². The van der Waals surface area contributed by atoms with Crippen LogP contribution in [0.2, 0.25) is 0 Å². The average molecular weight is 751 g/mol. The Bertz CT molecular complexity index is 3640. The standard InChI is InChI=1S/C53H41N5/c1-53(2,3)35-28-29-54-52(30-35)58-47-25-12-10-23-43(47)45-32-44-41-21-8-6-19-39(41)38-18-5-7-20-40(38)42-22-9-11-24-46(42)57(50(44)33-51(45)58)37-17-15-16-36(31-37)56-34-55(4)48-26-13-14-27-49(48)56/h5-33H,1-4H3/i4D3. The predicted octanol–water partition coefficient (Wildman–Crippen LogP) is 12.6. The van der Waals surface area contributed by atoms with Gasteiger partial charge < -0.3 is 13.7 Å². The summed E-state index contributed by atoms with van der Waals surface area (Å²) in [5, 5.41) is 8.99. The molecule has 11 aromatic rings. The van der Waals surface area contributed by atoms with Crippen molar-refractivity contribution < 1.29 is 8.68 Å². The van der Waals surface area contributed by atoms with Gasteiger partial charge in [0.25, 0.3) is 0 Å². The highest BCUT2D eigenvalue weighted by molar-refractivity contribution is 6.22. The molecule has 278 valence electrons. The maximum Gasteiger partial charge on any atom is 0.244 e. The maximum absolute atomic E-state index is 8.35. The first kappa shape index (κ1) is 30.9. The molecule has 0 aliphatic rings. The van der Waals surface area contributed by atoms with Crippen LogP contribution in [0.15, 0.2) is 176 Å². The quantitative estimate of drug-likeness (QED) is 0.131. The largest absolute Gasteiger partial charge is 0.319 e. The average Bonchev–Trinajstić information content (AvgIpc) is 3.84. The molecule has 4 heterocycles. The molecule has 0 radical (unpaired) electrons. The van der Waals surface area contributed by atoms with Crippen LogP contribution in [0.4, 0.5) is 0 Å². The first-order chi connectivity index (χ1) is 29.5. The second-order valence-corrected chi connectivity index (χ2v) is 16.1. The fourth-order valence-electron chi connectivity index (χ4n) is 8.89. The van der Waals surface area contributed by atoms with Crippen LogP contribution in [0, 0.1) is 6.33 Å². The summed E-state index contributed by atoms with van der Waals surface area (Å²) in [6.07, 6.45) is 5.12. The third-order valence-electron chi connectivity index (χ3n) is 11.7. The minimum absolute atomic E-state index is 0.0699. The Kier molecular flexibility index (Phi) is 6.88. The molecule has 0 N–H and O–H groups in total. The van der Waals surface area contributed by atoms with E-state index in [1.165, 1.54) is 10.1 Å². The molecule has 0 saturated heterocycles. The lowest BCUT2D eigenvalue weighted by Crippen LogP contribution is -2.26. The molecular formula is C53H41N5. The molecule has 0 aliphatic carbocycles. The molecule has 0 atom stereocenters. The third-order valence-corrected chi connectivity index (χ3v) is 11.7. The first-order valence-corrected chi connectivity index (χ1v) is 19.7. The van der Waals surface area contributed by atoms with Gasteiger partial charge in [-0.2, -0.15) is 0 Å². The van der Waals surface area contributed by atoms with E-state index in [1.807, 2.05) is 47.2 Å². The van der Waals surface area contributed by atoms with Gasteiger partial charge in [0.05, 0.1) is 49.9 Å². The van der Waals surface area contributed by atoms with Crippen molar-refractivity contribution in [1.29, 1.82) is 0 Å². The zero-order valence-electron chi connectivity index (χ0n) is 35.5. The van der Waals surface area contributed by atoms with Crippen molar-refractivity contribution in [3.05, 3.63) is 188 Å². The van der Waals surface area contributed by atoms with Crippen molar-refractivity contribution >= 4 is 76.2 Å². The third kappa shape index (κ3) is 5.23. The van der Waals surface area contributed by atoms with Crippen molar-refractivity contribution in [3.63, 3.8) is 0 Å². The van der Waals surface area contributed by atoms with E-state index < -0.39 is 6.98 Å². The highest BCUT2D eigenvalue weighted by Crippen LogP contribution is 2.40. The SMILES string of the molecule is [2H]C([2H])([2H])[n+]1[c-]n(-c2cccc(-n3c4ccccc4c4ccccc4c4ccccc4c4cc5c6ccccc6n(-c6cc(C(C)(C)C)ccn6)c5cc43)c2)c2ccccc21. The lowest BCUT2D eigenvalue weighted by molar-refractivity contribution is -0.649. The number of hydrogen-bond acceptors (Lipinski definition) is 1. The molecule has 5 heteroatoms. The smallest absolute Gasteiger partial charge is 0.244 e. The summed E-state index contributed by atoms with van der Waals surface area (Å²) in [6, 6.07) is 59.6. The van der Waals surface area contributed by atoms with E-state index in [0.717, 1.165) is 87.9 Å². The number of aryl methyl sites for hydroxylation is 1. The number of pyridine rings is 1. The summed E-state index contributed by atoms with van der Waals surface area (Å²) in [5.41, 5.74) is 8.28. The normalized spacial score (nSPS) is 13.1. The maximum atomic E-state index is 8.35. The minimum atomic E-state index is -2.41. The van der Waals surface area contributed by atoms with Crippen LogP contribution >= 0.6 is 0 Å². The highest BCUT2D eigenvalue weighted by Gasteiger charge is 2.20. The highest BCUT2D eigenvalue weighted by atomic mass is 15.1. The number of nitrogens with zero attached hydrogens (tertiary/aromatic N) is 5. The molecule has 0 bridgehead atoms. The number of hydrogen-bond donors (Lipinski definition) is 0. The van der Waals surface area contributed by atoms with Gasteiger partial charge in [-0.1, -0.05) is 142 Å². The Morgan fingerprint density at radius 1 is 0.483 bits per heavy atom. The second kappa shape index (κ2) is 12.9. The fourth-order valence-corrected chi connectivity index (χ4v) is 8.89. The Morgan fingerprint density at radius 2 is 1.02 bits per heavy atom. The van der Waals surface area contributed by atoms with Crippen molar-refractivity contribution in [2.45, 2.75) is 26.2 Å². The van der Waals surface area contributed by atoms with Gasteiger partial charge in [0.2, 0.25) is 6.33 Å². The van der Waals surface area contributed by atoms with E-state index in [0.29, 0.717) is 5.52 Å². The van der Waals surface area contributed by atoms with E-state index in [9.17, 15) is 0 Å². The van der Waals surface area contributed by atoms with Gasteiger partial charge in [-0.3, -0.25) is 4.57 Å². The van der Waals surface area contributed by atoms with Crippen LogP contribution in [0.5, 0.6) is 0 Å². The molecule has 58 heavy (non-hydrogen) atoms. The molecular weight excluding hydrogens is 707 g/mol. The zero-order valence-corrected chi connectivity index (χ0v) is 32.5. The molecule has 4 aromatic heterocycles. The van der Waals surface area contributed by atoms with Gasteiger partial charge in [0, 0.05) is 33.4 Å².